The molecule has 0 saturated carbocycles. The summed E-state index contributed by atoms with van der Waals surface area (Å²) in [5.41, 5.74) is 3.47. The largest absolute Gasteiger partial charge is 0.483 e. The van der Waals surface area contributed by atoms with Gasteiger partial charge in [0.2, 0.25) is 11.8 Å². The molecule has 8 heteroatoms. The first kappa shape index (κ1) is 21.8. The molecule has 1 N–H and O–H groups in total. The number of fused-ring (bicyclic) bond motifs is 1. The Morgan fingerprint density at radius 3 is 2.78 bits per heavy atom. The van der Waals surface area contributed by atoms with Gasteiger partial charge >= 0.3 is 0 Å². The number of amides is 3. The Hall–Kier alpha value is -3.42. The van der Waals surface area contributed by atoms with Crippen molar-refractivity contribution >= 4 is 23.4 Å². The van der Waals surface area contributed by atoms with Gasteiger partial charge in [0.25, 0.3) is 5.91 Å². The summed E-state index contributed by atoms with van der Waals surface area (Å²) in [6.45, 7) is 4.84. The molecule has 0 radical (unpaired) electrons. The fourth-order valence-corrected chi connectivity index (χ4v) is 4.13. The van der Waals surface area contributed by atoms with E-state index in [1.54, 1.807) is 4.90 Å². The second-order valence-corrected chi connectivity index (χ2v) is 8.34. The molecule has 4 rings (SSSR count). The number of anilines is 1. The van der Waals surface area contributed by atoms with Crippen molar-refractivity contribution in [1.29, 1.82) is 0 Å². The molecule has 7 nitrogen and oxygen atoms in total. The number of aryl methyl sites for hydroxylation is 2. The number of hydrogen-bond donors (Lipinski definition) is 1. The van der Waals surface area contributed by atoms with E-state index in [1.807, 2.05) is 32.0 Å². The van der Waals surface area contributed by atoms with E-state index < -0.39 is 11.7 Å². The first-order chi connectivity index (χ1) is 15.3. The molecule has 3 amide bonds. The molecule has 2 aliphatic rings. The lowest BCUT2D eigenvalue weighted by Crippen LogP contribution is -2.41. The molecule has 2 heterocycles. The Morgan fingerprint density at radius 1 is 1.16 bits per heavy atom. The lowest BCUT2D eigenvalue weighted by molar-refractivity contribution is -0.133. The third kappa shape index (κ3) is 4.59. The molecule has 2 aliphatic heterocycles. The van der Waals surface area contributed by atoms with Crippen molar-refractivity contribution in [2.24, 2.45) is 5.92 Å². The number of ether oxygens (including phenoxy) is 1. The number of nitrogens with one attached hydrogen (secondary N) is 1. The third-order valence-electron chi connectivity index (χ3n) is 5.92. The van der Waals surface area contributed by atoms with E-state index in [0.29, 0.717) is 17.9 Å². The molecule has 168 valence electrons. The van der Waals surface area contributed by atoms with Crippen molar-refractivity contribution in [3.8, 4) is 5.75 Å². The summed E-state index contributed by atoms with van der Waals surface area (Å²) < 4.78 is 19.0. The monoisotopic (exact) mass is 439 g/mol. The van der Waals surface area contributed by atoms with E-state index in [4.69, 9.17) is 4.74 Å². The summed E-state index contributed by atoms with van der Waals surface area (Å²) in [5, 5.41) is 2.84. The number of carbonyl (C=O) groups excluding carboxylic acids is 3. The predicted octanol–water partition coefficient (Wildman–Crippen LogP) is 2.33. The third-order valence-corrected chi connectivity index (χ3v) is 5.92. The molecule has 2 aromatic carbocycles. The normalized spacial score (nSPS) is 18.3. The van der Waals surface area contributed by atoms with Gasteiger partial charge in [-0.3, -0.25) is 14.4 Å². The molecule has 32 heavy (non-hydrogen) atoms. The van der Waals surface area contributed by atoms with Crippen molar-refractivity contribution in [2.75, 3.05) is 31.1 Å². The lowest BCUT2D eigenvalue weighted by atomic mass is 10.1. The number of halogens is 1. The highest BCUT2D eigenvalue weighted by Crippen LogP contribution is 2.29. The van der Waals surface area contributed by atoms with Crippen LogP contribution in [0.2, 0.25) is 0 Å². The first-order valence-electron chi connectivity index (χ1n) is 10.7. The van der Waals surface area contributed by atoms with Gasteiger partial charge in [0.1, 0.15) is 11.6 Å². The van der Waals surface area contributed by atoms with Crippen molar-refractivity contribution < 1.29 is 23.5 Å². The molecule has 1 fully saturated rings. The maximum atomic E-state index is 13.6. The summed E-state index contributed by atoms with van der Waals surface area (Å²) in [7, 11) is 0. The molecule has 0 aliphatic carbocycles. The maximum Gasteiger partial charge on any atom is 0.260 e. The molecular weight excluding hydrogens is 413 g/mol. The van der Waals surface area contributed by atoms with E-state index in [1.165, 1.54) is 23.1 Å². The van der Waals surface area contributed by atoms with Gasteiger partial charge in [-0.25, -0.2) is 4.39 Å². The van der Waals surface area contributed by atoms with E-state index in [-0.39, 0.29) is 50.4 Å². The Morgan fingerprint density at radius 2 is 1.97 bits per heavy atom. The quantitative estimate of drug-likeness (QED) is 0.776. The van der Waals surface area contributed by atoms with Crippen LogP contribution in [0.3, 0.4) is 0 Å². The van der Waals surface area contributed by atoms with Gasteiger partial charge < -0.3 is 19.9 Å². The Labute approximate surface area is 186 Å². The van der Waals surface area contributed by atoms with Crippen LogP contribution in [0.15, 0.2) is 36.4 Å². The van der Waals surface area contributed by atoms with Crippen LogP contribution in [-0.4, -0.2) is 48.9 Å². The van der Waals surface area contributed by atoms with Gasteiger partial charge in [-0.05, 0) is 49.2 Å². The zero-order valence-electron chi connectivity index (χ0n) is 18.2. The number of rotatable bonds is 5. The molecule has 0 bridgehead atoms. The summed E-state index contributed by atoms with van der Waals surface area (Å²) >= 11 is 0. The minimum Gasteiger partial charge on any atom is -0.483 e. The van der Waals surface area contributed by atoms with E-state index in [9.17, 15) is 18.8 Å². The molecule has 0 aromatic heterocycles. The Bertz CT molecular complexity index is 1070. The van der Waals surface area contributed by atoms with Crippen molar-refractivity contribution in [2.45, 2.75) is 26.8 Å². The van der Waals surface area contributed by atoms with Crippen LogP contribution < -0.4 is 15.0 Å². The second kappa shape index (κ2) is 8.98. The average Bonchev–Trinajstić information content (AvgIpc) is 3.07. The van der Waals surface area contributed by atoms with Gasteiger partial charge in [-0.15, -0.1) is 0 Å². The zero-order valence-corrected chi connectivity index (χ0v) is 18.2. The van der Waals surface area contributed by atoms with Crippen LogP contribution in [0, 0.1) is 25.6 Å². The highest BCUT2D eigenvalue weighted by molar-refractivity contribution is 6.00. The van der Waals surface area contributed by atoms with Crippen LogP contribution in [0.5, 0.6) is 5.75 Å². The average molecular weight is 439 g/mol. The smallest absolute Gasteiger partial charge is 0.260 e. The summed E-state index contributed by atoms with van der Waals surface area (Å²) in [6.07, 6.45) is 0.155. The fourth-order valence-electron chi connectivity index (χ4n) is 4.13. The number of benzene rings is 2. The minimum atomic E-state index is -0.444. The van der Waals surface area contributed by atoms with Crippen LogP contribution >= 0.6 is 0 Å². The highest BCUT2D eigenvalue weighted by Gasteiger charge is 2.35. The summed E-state index contributed by atoms with van der Waals surface area (Å²) in [4.78, 5) is 40.8. The Kier molecular flexibility index (Phi) is 6.12. The Balaban J connectivity index is 1.33. The number of carbonyl (C=O) groups is 3. The summed E-state index contributed by atoms with van der Waals surface area (Å²) in [5.74, 6) is -0.863. The van der Waals surface area contributed by atoms with Crippen molar-refractivity contribution in [1.82, 2.24) is 10.2 Å². The SMILES string of the molecule is Cc1ccc(C)c(N2CC(C(=O)NCCN3Cc4cc(F)ccc4OCC3=O)CC2=O)c1. The number of hydrogen-bond acceptors (Lipinski definition) is 4. The molecule has 1 saturated heterocycles. The van der Waals surface area contributed by atoms with Gasteiger partial charge in [0.15, 0.2) is 6.61 Å². The van der Waals surface area contributed by atoms with E-state index >= 15 is 0 Å². The standard InChI is InChI=1S/C24H26FN3O4/c1-15-3-4-16(2)20(9-15)28-13-18(11-22(28)29)24(31)26-7-8-27-12-17-10-19(25)5-6-21(17)32-14-23(27)30/h3-6,9-10,18H,7-8,11-14H2,1-2H3,(H,26,31). The second-order valence-electron chi connectivity index (χ2n) is 8.34. The first-order valence-corrected chi connectivity index (χ1v) is 10.7. The topological polar surface area (TPSA) is 79.0 Å². The van der Waals surface area contributed by atoms with E-state index in [0.717, 1.165) is 16.8 Å². The fraction of sp³-hybridized carbons (Fsp3) is 0.375. The zero-order chi connectivity index (χ0) is 22.8. The molecule has 0 spiro atoms. The summed E-state index contributed by atoms with van der Waals surface area (Å²) in [6, 6.07) is 10.1. The lowest BCUT2D eigenvalue weighted by Gasteiger charge is -2.21. The highest BCUT2D eigenvalue weighted by atomic mass is 19.1. The molecular formula is C24H26FN3O4. The molecule has 1 atom stereocenters. The molecule has 2 aromatic rings. The maximum absolute atomic E-state index is 13.6. The van der Waals surface area contributed by atoms with Crippen molar-refractivity contribution in [3.05, 3.63) is 58.9 Å². The van der Waals surface area contributed by atoms with Crippen LogP contribution in [0.25, 0.3) is 0 Å². The number of nitrogens with zero attached hydrogens (tertiary/aromatic N) is 2. The predicted molar refractivity (Wildman–Crippen MR) is 117 cm³/mol. The van der Waals surface area contributed by atoms with Crippen LogP contribution in [0.1, 0.15) is 23.1 Å². The molecule has 1 unspecified atom stereocenters. The van der Waals surface area contributed by atoms with Crippen LogP contribution in [-0.2, 0) is 20.9 Å². The van der Waals surface area contributed by atoms with Gasteiger partial charge in [0.05, 0.1) is 5.92 Å². The van der Waals surface area contributed by atoms with Gasteiger partial charge in [0, 0.05) is 43.9 Å². The van der Waals surface area contributed by atoms with Crippen LogP contribution in [0.4, 0.5) is 10.1 Å². The minimum absolute atomic E-state index is 0.0719. The van der Waals surface area contributed by atoms with E-state index in [2.05, 4.69) is 5.32 Å². The van der Waals surface area contributed by atoms with Gasteiger partial charge in [-0.1, -0.05) is 12.1 Å². The van der Waals surface area contributed by atoms with Gasteiger partial charge in [-0.2, -0.15) is 0 Å². The van der Waals surface area contributed by atoms with Crippen molar-refractivity contribution in [3.63, 3.8) is 0 Å².